The van der Waals surface area contributed by atoms with Gasteiger partial charge >= 0.3 is 62.5 Å². The van der Waals surface area contributed by atoms with Crippen molar-refractivity contribution in [2.75, 3.05) is 0 Å². The molecule has 0 atom stereocenters. The van der Waals surface area contributed by atoms with E-state index in [0.717, 1.165) is 0 Å². The van der Waals surface area contributed by atoms with Crippen molar-refractivity contribution in [2.24, 2.45) is 0 Å². The Morgan fingerprint density at radius 2 is 2.40 bits per heavy atom. The summed E-state index contributed by atoms with van der Waals surface area (Å²) in [4.78, 5) is 21.9. The third kappa shape index (κ3) is 1.35. The summed E-state index contributed by atoms with van der Waals surface area (Å²) in [5.74, 6) is -0.960. The monoisotopic (exact) mass is 204 g/mol. The first kappa shape index (κ1) is 7.25. The second-order valence-corrected chi connectivity index (χ2v) is 3.64. The molecule has 1 aromatic heterocycles. The minimum absolute atomic E-state index is 0.0600. The molecule has 0 aliphatic heterocycles. The van der Waals surface area contributed by atoms with Gasteiger partial charge in [-0.15, -0.1) is 0 Å². The Morgan fingerprint density at radius 3 is 2.70 bits per heavy atom. The number of hydrogen-bond acceptors (Lipinski definition) is 2. The van der Waals surface area contributed by atoms with Crippen LogP contribution in [0.15, 0.2) is 11.0 Å². The zero-order chi connectivity index (χ0) is 7.56. The van der Waals surface area contributed by atoms with Gasteiger partial charge in [-0.2, -0.15) is 0 Å². The van der Waals surface area contributed by atoms with Crippen LogP contribution in [0.1, 0.15) is 19.6 Å². The number of carbonyl (C=O) groups is 2. The summed E-state index contributed by atoms with van der Waals surface area (Å²) in [6.45, 7) is 0. The quantitative estimate of drug-likeness (QED) is 0.553. The molecule has 0 fully saturated rings. The molecule has 0 aliphatic carbocycles. The van der Waals surface area contributed by atoms with E-state index in [4.69, 9.17) is 5.11 Å². The molecule has 10 heavy (non-hydrogen) atoms. The average molecular weight is 203 g/mol. The molecule has 52 valence electrons. The van der Waals surface area contributed by atoms with Crippen molar-refractivity contribution in [1.82, 2.24) is 0 Å². The molecule has 1 N–H and O–H groups in total. The summed E-state index contributed by atoms with van der Waals surface area (Å²) in [6.07, 6.45) is 0.701. The first-order valence-corrected chi connectivity index (χ1v) is 4.35. The van der Waals surface area contributed by atoms with E-state index in [1.807, 2.05) is 0 Å². The van der Waals surface area contributed by atoms with Crippen molar-refractivity contribution < 1.29 is 14.7 Å². The van der Waals surface area contributed by atoms with Crippen LogP contribution < -0.4 is 0 Å². The van der Waals surface area contributed by atoms with Gasteiger partial charge in [0.05, 0.1) is 0 Å². The Morgan fingerprint density at radius 1 is 1.70 bits per heavy atom. The molecule has 0 bridgehead atoms. The summed E-state index contributed by atoms with van der Waals surface area (Å²) in [5, 5.41) is 8.41. The maximum absolute atomic E-state index is 10.2. The summed E-state index contributed by atoms with van der Waals surface area (Å²) < 4.78 is 0.588. The number of carbonyl (C=O) groups excluding carboxylic acids is 1. The molecule has 0 radical (unpaired) electrons. The predicted molar refractivity (Wildman–Crippen MR) is 35.7 cm³/mol. The van der Waals surface area contributed by atoms with E-state index in [9.17, 15) is 9.59 Å². The molecule has 0 amide bonds. The topological polar surface area (TPSA) is 54.4 Å². The van der Waals surface area contributed by atoms with Crippen LogP contribution in [0.2, 0.25) is 0 Å². The summed E-state index contributed by atoms with van der Waals surface area (Å²) >= 11 is -0.0600. The van der Waals surface area contributed by atoms with Crippen LogP contribution in [-0.2, 0) is 0 Å². The average Bonchev–Trinajstić information content (AvgIpc) is 2.34. The van der Waals surface area contributed by atoms with Gasteiger partial charge in [-0.05, 0) is 0 Å². The normalized spacial score (nSPS) is 9.20. The van der Waals surface area contributed by atoms with E-state index < -0.39 is 5.97 Å². The third-order valence-electron chi connectivity index (χ3n) is 0.983. The number of hydrogen-bond donors (Lipinski definition) is 1. The molecule has 0 aromatic carbocycles. The zero-order valence-electron chi connectivity index (χ0n) is 4.90. The van der Waals surface area contributed by atoms with E-state index in [-0.39, 0.29) is 20.1 Å². The molecule has 0 aliphatic rings. The van der Waals surface area contributed by atoms with Gasteiger partial charge in [0.15, 0.2) is 0 Å². The van der Waals surface area contributed by atoms with Crippen molar-refractivity contribution in [2.45, 2.75) is 0 Å². The molecule has 0 saturated heterocycles. The van der Waals surface area contributed by atoms with Gasteiger partial charge in [-0.25, -0.2) is 0 Å². The zero-order valence-corrected chi connectivity index (χ0v) is 6.62. The van der Waals surface area contributed by atoms with Crippen LogP contribution in [0.25, 0.3) is 0 Å². The molecule has 4 heteroatoms. The minimum atomic E-state index is -0.960. The van der Waals surface area contributed by atoms with Crippen molar-refractivity contribution in [3.63, 3.8) is 0 Å². The summed E-state index contributed by atoms with van der Waals surface area (Å²) in [5.41, 5.74) is 0.238. The summed E-state index contributed by atoms with van der Waals surface area (Å²) in [7, 11) is 0. The van der Waals surface area contributed by atoms with Crippen LogP contribution >= 0.6 is 0 Å². The van der Waals surface area contributed by atoms with Gasteiger partial charge in [-0.1, -0.05) is 0 Å². The molecule has 1 heterocycles. The van der Waals surface area contributed by atoms with E-state index in [2.05, 4.69) is 0 Å². The predicted octanol–water partition coefficient (Wildman–Crippen LogP) is 0.254. The van der Waals surface area contributed by atoms with Crippen molar-refractivity contribution in [3.8, 4) is 0 Å². The van der Waals surface area contributed by atoms with Crippen molar-refractivity contribution in [1.29, 1.82) is 0 Å². The fourth-order valence-corrected chi connectivity index (χ4v) is 1.96. The fraction of sp³-hybridized carbons (Fsp3) is 0. The fourth-order valence-electron chi connectivity index (χ4n) is 0.527. The molecule has 3 nitrogen and oxygen atoms in total. The molecule has 1 rings (SSSR count). The first-order valence-electron chi connectivity index (χ1n) is 2.51. The number of aromatic carboxylic acids is 1. The molecule has 0 spiro atoms. The van der Waals surface area contributed by atoms with Crippen LogP contribution in [0.3, 0.4) is 0 Å². The molecule has 1 aromatic rings. The number of carboxylic acids is 1. The second kappa shape index (κ2) is 2.82. The van der Waals surface area contributed by atoms with Gasteiger partial charge in [0.25, 0.3) is 0 Å². The Bertz CT molecular complexity index is 264. The van der Waals surface area contributed by atoms with E-state index in [1.54, 1.807) is 4.94 Å². The molecule has 0 unspecified atom stereocenters. The van der Waals surface area contributed by atoms with Crippen LogP contribution in [0.5, 0.6) is 0 Å². The summed E-state index contributed by atoms with van der Waals surface area (Å²) in [6, 6.07) is 1.41. The van der Waals surface area contributed by atoms with Crippen molar-refractivity contribution in [3.05, 3.63) is 21.0 Å². The third-order valence-corrected chi connectivity index (χ3v) is 2.78. The van der Waals surface area contributed by atoms with E-state index in [1.165, 1.54) is 6.07 Å². The number of carboxylic acid groups (broad SMARTS) is 1. The van der Waals surface area contributed by atoms with Gasteiger partial charge < -0.3 is 0 Å². The Hall–Kier alpha value is -0.861. The van der Waals surface area contributed by atoms with Gasteiger partial charge in [0, 0.05) is 0 Å². The van der Waals surface area contributed by atoms with Gasteiger partial charge in [-0.3, -0.25) is 0 Å². The molecular formula is C6H4O3Se. The standard InChI is InChI=1S/C6H4O3Se/c7-2-5-1-4(3-10-5)6(8)9/h1-3H,(H,8,9). The van der Waals surface area contributed by atoms with Gasteiger partial charge in [0.1, 0.15) is 0 Å². The van der Waals surface area contributed by atoms with Crippen LogP contribution in [0, 0.1) is 0 Å². The van der Waals surface area contributed by atoms with Crippen LogP contribution in [-0.4, -0.2) is 31.9 Å². The number of rotatable bonds is 2. The second-order valence-electron chi connectivity index (χ2n) is 1.66. The molecular weight excluding hydrogens is 199 g/mol. The Kier molecular flexibility index (Phi) is 2.04. The Balaban J connectivity index is 2.98. The van der Waals surface area contributed by atoms with Crippen molar-refractivity contribution >= 4 is 26.8 Å². The number of aldehydes is 1. The van der Waals surface area contributed by atoms with E-state index in [0.29, 0.717) is 10.7 Å². The first-order chi connectivity index (χ1) is 4.74. The van der Waals surface area contributed by atoms with Crippen LogP contribution in [0.4, 0.5) is 0 Å². The van der Waals surface area contributed by atoms with Gasteiger partial charge in [0.2, 0.25) is 0 Å². The SMILES string of the molecule is O=Cc1cc(C(=O)O)c[se]1. The molecule has 0 saturated carbocycles. The maximum atomic E-state index is 10.2. The Labute approximate surface area is 63.0 Å². The van der Waals surface area contributed by atoms with E-state index >= 15 is 0 Å².